The number of nitrogens with zero attached hydrogens (tertiary/aromatic N) is 1. The molecule has 0 unspecified atom stereocenters. The van der Waals surface area contributed by atoms with Crippen molar-refractivity contribution >= 4 is 23.0 Å². The van der Waals surface area contributed by atoms with Gasteiger partial charge >= 0.3 is 0 Å². The summed E-state index contributed by atoms with van der Waals surface area (Å²) in [4.78, 5) is 4.96. The summed E-state index contributed by atoms with van der Waals surface area (Å²) in [6.07, 6.45) is 3.63. The van der Waals surface area contributed by atoms with Gasteiger partial charge in [-0.3, -0.25) is 0 Å². The zero-order valence-corrected chi connectivity index (χ0v) is 11.4. The Labute approximate surface area is 108 Å². The summed E-state index contributed by atoms with van der Waals surface area (Å²) < 4.78 is 0. The van der Waals surface area contributed by atoms with E-state index >= 15 is 0 Å². The summed E-state index contributed by atoms with van der Waals surface area (Å²) in [5.74, 6) is 0.845. The zero-order valence-electron chi connectivity index (χ0n) is 10.6. The third-order valence-corrected chi connectivity index (χ3v) is 3.67. The van der Waals surface area contributed by atoms with E-state index in [1.807, 2.05) is 19.9 Å². The van der Waals surface area contributed by atoms with Crippen molar-refractivity contribution < 1.29 is 0 Å². The average Bonchev–Trinajstić information content (AvgIpc) is 2.13. The van der Waals surface area contributed by atoms with Gasteiger partial charge in [-0.1, -0.05) is 12.2 Å². The Hall–Kier alpha value is -1.16. The predicted molar refractivity (Wildman–Crippen MR) is 75.5 cm³/mol. The molecule has 17 heavy (non-hydrogen) atoms. The molecule has 0 bridgehead atoms. The summed E-state index contributed by atoms with van der Waals surface area (Å²) >= 11 is 5.12. The lowest BCUT2D eigenvalue weighted by Crippen LogP contribution is -2.42. The van der Waals surface area contributed by atoms with Gasteiger partial charge in [-0.2, -0.15) is 0 Å². The molecule has 0 radical (unpaired) electrons. The molecular formula is C13H19N3S. The van der Waals surface area contributed by atoms with E-state index in [2.05, 4.69) is 17.2 Å². The Morgan fingerprint density at radius 2 is 2.12 bits per heavy atom. The number of thiocarbonyl (C=S) groups is 1. The van der Waals surface area contributed by atoms with Gasteiger partial charge in [0.2, 0.25) is 0 Å². The zero-order chi connectivity index (χ0) is 12.6. The van der Waals surface area contributed by atoms with E-state index in [0.29, 0.717) is 4.99 Å². The molecular weight excluding hydrogens is 230 g/mol. The number of pyridine rings is 1. The molecule has 92 valence electrons. The molecule has 2 rings (SSSR count). The highest BCUT2D eigenvalue weighted by atomic mass is 32.1. The molecule has 0 atom stereocenters. The third-order valence-electron chi connectivity index (χ3n) is 3.47. The van der Waals surface area contributed by atoms with Gasteiger partial charge in [0.25, 0.3) is 0 Å². The molecule has 0 aromatic carbocycles. The van der Waals surface area contributed by atoms with Crippen LogP contribution in [0.5, 0.6) is 0 Å². The molecule has 1 aliphatic carbocycles. The first kappa shape index (κ1) is 12.3. The summed E-state index contributed by atoms with van der Waals surface area (Å²) in [6, 6.07) is 2.02. The van der Waals surface area contributed by atoms with Crippen molar-refractivity contribution in [2.45, 2.75) is 45.6 Å². The molecule has 1 fully saturated rings. The van der Waals surface area contributed by atoms with Crippen molar-refractivity contribution in [3.05, 3.63) is 22.9 Å². The Morgan fingerprint density at radius 1 is 1.47 bits per heavy atom. The molecule has 4 heteroatoms. The first-order chi connectivity index (χ1) is 7.91. The van der Waals surface area contributed by atoms with Crippen LogP contribution in [-0.2, 0) is 0 Å². The topological polar surface area (TPSA) is 50.9 Å². The van der Waals surface area contributed by atoms with E-state index in [1.165, 1.54) is 19.3 Å². The highest BCUT2D eigenvalue weighted by Crippen LogP contribution is 2.35. The minimum Gasteiger partial charge on any atom is -0.389 e. The van der Waals surface area contributed by atoms with Gasteiger partial charge in [-0.15, -0.1) is 0 Å². The minimum absolute atomic E-state index is 0.159. The van der Waals surface area contributed by atoms with Crippen molar-refractivity contribution in [2.24, 2.45) is 5.73 Å². The van der Waals surface area contributed by atoms with E-state index in [0.717, 1.165) is 22.6 Å². The number of nitrogens with two attached hydrogens (primary N) is 1. The fraction of sp³-hybridized carbons (Fsp3) is 0.538. The molecule has 0 saturated heterocycles. The number of hydrogen-bond donors (Lipinski definition) is 2. The van der Waals surface area contributed by atoms with Crippen molar-refractivity contribution in [1.82, 2.24) is 4.98 Å². The fourth-order valence-electron chi connectivity index (χ4n) is 2.36. The number of anilines is 1. The van der Waals surface area contributed by atoms with Gasteiger partial charge < -0.3 is 11.1 Å². The molecule has 1 heterocycles. The van der Waals surface area contributed by atoms with E-state index in [1.54, 1.807) is 0 Å². The third kappa shape index (κ3) is 2.41. The van der Waals surface area contributed by atoms with Crippen LogP contribution in [0, 0.1) is 13.8 Å². The lowest BCUT2D eigenvalue weighted by Gasteiger charge is -2.40. The highest BCUT2D eigenvalue weighted by molar-refractivity contribution is 7.80. The van der Waals surface area contributed by atoms with Crippen LogP contribution in [0.15, 0.2) is 6.07 Å². The van der Waals surface area contributed by atoms with E-state index in [4.69, 9.17) is 18.0 Å². The van der Waals surface area contributed by atoms with Crippen LogP contribution < -0.4 is 11.1 Å². The first-order valence-corrected chi connectivity index (χ1v) is 6.38. The van der Waals surface area contributed by atoms with Gasteiger partial charge in [0.05, 0.1) is 5.56 Å². The number of aryl methyl sites for hydroxylation is 2. The lowest BCUT2D eigenvalue weighted by atomic mass is 9.78. The molecule has 1 saturated carbocycles. The number of rotatable bonds is 3. The molecule has 0 amide bonds. The number of aromatic nitrogens is 1. The van der Waals surface area contributed by atoms with Crippen LogP contribution in [0.2, 0.25) is 0 Å². The molecule has 3 N–H and O–H groups in total. The number of hydrogen-bond acceptors (Lipinski definition) is 3. The predicted octanol–water partition coefficient (Wildman–Crippen LogP) is 2.69. The quantitative estimate of drug-likeness (QED) is 0.809. The maximum atomic E-state index is 5.80. The summed E-state index contributed by atoms with van der Waals surface area (Å²) in [5.41, 5.74) is 8.93. The van der Waals surface area contributed by atoms with Gasteiger partial charge in [0.15, 0.2) is 0 Å². The van der Waals surface area contributed by atoms with Crippen molar-refractivity contribution in [3.8, 4) is 0 Å². The largest absolute Gasteiger partial charge is 0.389 e. The standard InChI is InChI=1S/C13H19N3S/c1-8-7-9(2)15-12(10(8)11(14)17)16-13(3)5-4-6-13/h7H,4-6H2,1-3H3,(H2,14,17)(H,15,16). The Bertz CT molecular complexity index is 464. The smallest absolute Gasteiger partial charge is 0.137 e. The van der Waals surface area contributed by atoms with E-state index in [9.17, 15) is 0 Å². The summed E-state index contributed by atoms with van der Waals surface area (Å²) in [5, 5.41) is 3.51. The van der Waals surface area contributed by atoms with Gasteiger partial charge in [0, 0.05) is 11.2 Å². The van der Waals surface area contributed by atoms with Crippen LogP contribution in [0.3, 0.4) is 0 Å². The van der Waals surface area contributed by atoms with Crippen molar-refractivity contribution in [3.63, 3.8) is 0 Å². The molecule has 3 nitrogen and oxygen atoms in total. The first-order valence-electron chi connectivity index (χ1n) is 5.97. The normalized spacial score (nSPS) is 17.4. The van der Waals surface area contributed by atoms with Crippen molar-refractivity contribution in [1.29, 1.82) is 0 Å². The molecule has 1 aliphatic rings. The Balaban J connectivity index is 2.40. The van der Waals surface area contributed by atoms with Crippen molar-refractivity contribution in [2.75, 3.05) is 5.32 Å². The second kappa shape index (κ2) is 4.26. The lowest BCUT2D eigenvalue weighted by molar-refractivity contribution is 0.305. The highest BCUT2D eigenvalue weighted by Gasteiger charge is 2.32. The van der Waals surface area contributed by atoms with E-state index in [-0.39, 0.29) is 5.54 Å². The van der Waals surface area contributed by atoms with E-state index < -0.39 is 0 Å². The van der Waals surface area contributed by atoms with Crippen LogP contribution >= 0.6 is 12.2 Å². The molecule has 0 aliphatic heterocycles. The molecule has 0 spiro atoms. The molecule has 1 aromatic rings. The van der Waals surface area contributed by atoms with Gasteiger partial charge in [-0.05, 0) is 51.7 Å². The van der Waals surface area contributed by atoms with Crippen LogP contribution in [0.1, 0.15) is 43.0 Å². The monoisotopic (exact) mass is 249 g/mol. The summed E-state index contributed by atoms with van der Waals surface area (Å²) in [6.45, 7) is 6.24. The van der Waals surface area contributed by atoms with Crippen LogP contribution in [0.4, 0.5) is 5.82 Å². The maximum absolute atomic E-state index is 5.80. The second-order valence-corrected chi connectivity index (χ2v) is 5.65. The fourth-order valence-corrected chi connectivity index (χ4v) is 2.61. The Kier molecular flexibility index (Phi) is 3.08. The second-order valence-electron chi connectivity index (χ2n) is 5.21. The molecule has 1 aromatic heterocycles. The average molecular weight is 249 g/mol. The Morgan fingerprint density at radius 3 is 2.59 bits per heavy atom. The maximum Gasteiger partial charge on any atom is 0.137 e. The minimum atomic E-state index is 0.159. The van der Waals surface area contributed by atoms with Crippen LogP contribution in [-0.4, -0.2) is 15.5 Å². The van der Waals surface area contributed by atoms with Crippen LogP contribution in [0.25, 0.3) is 0 Å². The SMILES string of the molecule is Cc1cc(C)c(C(N)=S)c(NC2(C)CCC2)n1. The van der Waals surface area contributed by atoms with Gasteiger partial charge in [0.1, 0.15) is 10.8 Å². The van der Waals surface area contributed by atoms with Gasteiger partial charge in [-0.25, -0.2) is 4.98 Å². The number of nitrogens with one attached hydrogen (secondary N) is 1. The summed E-state index contributed by atoms with van der Waals surface area (Å²) in [7, 11) is 0.